The molecule has 1 radical (unpaired) electrons. The van der Waals surface area contributed by atoms with Gasteiger partial charge < -0.3 is 30.8 Å². The first kappa shape index (κ1) is 23.8. The van der Waals surface area contributed by atoms with Gasteiger partial charge in [-0.05, 0) is 0 Å². The first-order chi connectivity index (χ1) is 2.64. The van der Waals surface area contributed by atoms with E-state index in [-0.39, 0.29) is 28.0 Å². The van der Waals surface area contributed by atoms with Gasteiger partial charge in [0.15, 0.2) is 0 Å². The van der Waals surface area contributed by atoms with E-state index < -0.39 is 11.9 Å². The van der Waals surface area contributed by atoms with Crippen LogP contribution in [-0.2, 0) is 26.7 Å². The van der Waals surface area contributed by atoms with Crippen molar-refractivity contribution < 1.29 is 47.8 Å². The molecule has 0 saturated heterocycles. The van der Waals surface area contributed by atoms with E-state index in [4.69, 9.17) is 19.8 Å². The number of carboxylic acids is 2. The molecule has 4 N–H and O–H groups in total. The number of hydrogen-bond donors (Lipinski definition) is 0. The van der Waals surface area contributed by atoms with Crippen LogP contribution in [0.3, 0.4) is 0 Å². The topological polar surface area (TPSA) is 143 Å². The van der Waals surface area contributed by atoms with Gasteiger partial charge in [0, 0.05) is 0 Å². The molecule has 0 rings (SSSR count). The Morgan fingerprint density at radius 1 is 0.889 bits per heavy atom. The van der Waals surface area contributed by atoms with Crippen LogP contribution in [0.4, 0.5) is 0 Å². The third-order valence-electron chi connectivity index (χ3n) is 0.167. The second kappa shape index (κ2) is 10.4. The molecule has 0 aromatic heterocycles. The molecular formula is C2H4CuO6. The quantitative estimate of drug-likeness (QED) is 0.276. The number of carboxylic acid groups (broad SMARTS) is 2. The van der Waals surface area contributed by atoms with Gasteiger partial charge >= 0.3 is 17.1 Å². The summed E-state index contributed by atoms with van der Waals surface area (Å²) >= 11 is 0. The average molecular weight is 188 g/mol. The maximum absolute atomic E-state index is 8.93. The smallest absolute Gasteiger partial charge is 0.543 e. The van der Waals surface area contributed by atoms with Crippen LogP contribution in [-0.4, -0.2) is 22.9 Å². The second-order valence-electron chi connectivity index (χ2n) is 0.575. The molecule has 0 spiro atoms. The number of aliphatic carboxylic acids is 2. The van der Waals surface area contributed by atoms with Crippen molar-refractivity contribution in [2.24, 2.45) is 0 Å². The van der Waals surface area contributed by atoms with Gasteiger partial charge in [-0.15, -0.1) is 0 Å². The van der Waals surface area contributed by atoms with Gasteiger partial charge in [-0.1, -0.05) is 0 Å². The Hall–Kier alpha value is -0.621. The van der Waals surface area contributed by atoms with Crippen molar-refractivity contribution in [1.29, 1.82) is 0 Å². The minimum atomic E-state index is -2.19. The van der Waals surface area contributed by atoms with E-state index >= 15 is 0 Å². The Balaban J connectivity index is -0.0000000417. The fourth-order valence-electron chi connectivity index (χ4n) is 0. The second-order valence-corrected chi connectivity index (χ2v) is 0.575. The van der Waals surface area contributed by atoms with Crippen LogP contribution in [0.15, 0.2) is 0 Å². The summed E-state index contributed by atoms with van der Waals surface area (Å²) in [5, 5.41) is 17.9. The third kappa shape index (κ3) is 18.7. The molecule has 0 amide bonds. The molecule has 0 aliphatic carbocycles. The van der Waals surface area contributed by atoms with Crippen LogP contribution in [0.25, 0.3) is 0 Å². The molecule has 7 heteroatoms. The summed E-state index contributed by atoms with van der Waals surface area (Å²) in [5.74, 6) is -4.37. The molecule has 0 heterocycles. The van der Waals surface area contributed by atoms with Crippen LogP contribution in [0.2, 0.25) is 0 Å². The number of hydrogen-bond acceptors (Lipinski definition) is 4. The maximum Gasteiger partial charge on any atom is 2.00 e. The number of carbonyl (C=O) groups excluding carboxylic acids is 2. The van der Waals surface area contributed by atoms with E-state index in [1.165, 1.54) is 0 Å². The van der Waals surface area contributed by atoms with Gasteiger partial charge in [0.25, 0.3) is 0 Å². The van der Waals surface area contributed by atoms with Crippen LogP contribution >= 0.6 is 0 Å². The Morgan fingerprint density at radius 3 is 1.00 bits per heavy atom. The summed E-state index contributed by atoms with van der Waals surface area (Å²) in [6, 6.07) is 0. The van der Waals surface area contributed by atoms with Gasteiger partial charge in [0.05, 0.1) is 11.9 Å². The molecule has 0 unspecified atom stereocenters. The molecule has 0 bridgehead atoms. The van der Waals surface area contributed by atoms with Crippen LogP contribution in [0.1, 0.15) is 0 Å². The molecular weight excluding hydrogens is 184 g/mol. The van der Waals surface area contributed by atoms with Crippen LogP contribution in [0, 0.1) is 0 Å². The molecule has 0 aliphatic rings. The summed E-state index contributed by atoms with van der Waals surface area (Å²) < 4.78 is 0. The molecule has 6 nitrogen and oxygen atoms in total. The van der Waals surface area contributed by atoms with Gasteiger partial charge in [-0.3, -0.25) is 0 Å². The summed E-state index contributed by atoms with van der Waals surface area (Å²) in [5.41, 5.74) is 0. The molecule has 0 aromatic rings. The minimum absolute atomic E-state index is 0. The number of rotatable bonds is 0. The van der Waals surface area contributed by atoms with E-state index in [0.717, 1.165) is 0 Å². The summed E-state index contributed by atoms with van der Waals surface area (Å²) in [7, 11) is 0. The van der Waals surface area contributed by atoms with E-state index in [1.807, 2.05) is 0 Å². The standard InChI is InChI=1S/C2H2O4.Cu.2H2O/c3-1(4)2(5)6;;;/h(H,3,4)(H,5,6);;2*1H2/q;+2;;/p-2. The Morgan fingerprint density at radius 2 is 1.00 bits per heavy atom. The fraction of sp³-hybridized carbons (Fsp3) is 0. The zero-order valence-electron chi connectivity index (χ0n) is 3.93. The molecule has 0 atom stereocenters. The molecule has 0 aromatic carbocycles. The maximum atomic E-state index is 8.93. The summed E-state index contributed by atoms with van der Waals surface area (Å²) in [6.45, 7) is 0. The largest absolute Gasteiger partial charge is 2.00 e. The normalized spacial score (nSPS) is 4.89. The fourth-order valence-corrected chi connectivity index (χ4v) is 0. The Bertz CT molecular complexity index is 77.1. The van der Waals surface area contributed by atoms with Crippen molar-refractivity contribution in [2.75, 3.05) is 0 Å². The minimum Gasteiger partial charge on any atom is -0.543 e. The summed E-state index contributed by atoms with van der Waals surface area (Å²) in [4.78, 5) is 17.9. The van der Waals surface area contributed by atoms with Crippen molar-refractivity contribution in [3.63, 3.8) is 0 Å². The first-order valence-electron chi connectivity index (χ1n) is 1.07. The third-order valence-corrected chi connectivity index (χ3v) is 0.167. The Kier molecular flexibility index (Phi) is 27.4. The Labute approximate surface area is 60.6 Å². The van der Waals surface area contributed by atoms with Crippen LogP contribution in [0.5, 0.6) is 0 Å². The average Bonchev–Trinajstić information content (AvgIpc) is 1.36. The van der Waals surface area contributed by atoms with Crippen molar-refractivity contribution >= 4 is 11.9 Å². The van der Waals surface area contributed by atoms with Crippen molar-refractivity contribution in [1.82, 2.24) is 0 Å². The van der Waals surface area contributed by atoms with E-state index in [2.05, 4.69) is 0 Å². The van der Waals surface area contributed by atoms with Gasteiger partial charge in [0.2, 0.25) is 0 Å². The zero-order chi connectivity index (χ0) is 5.15. The van der Waals surface area contributed by atoms with Gasteiger partial charge in [0.1, 0.15) is 0 Å². The molecule has 9 heavy (non-hydrogen) atoms. The van der Waals surface area contributed by atoms with Gasteiger partial charge in [-0.25, -0.2) is 0 Å². The van der Waals surface area contributed by atoms with Crippen molar-refractivity contribution in [3.8, 4) is 0 Å². The van der Waals surface area contributed by atoms with Crippen molar-refractivity contribution in [3.05, 3.63) is 0 Å². The molecule has 0 saturated carbocycles. The molecule has 59 valence electrons. The van der Waals surface area contributed by atoms with Crippen LogP contribution < -0.4 is 10.2 Å². The SMILES string of the molecule is O.O.O=C([O-])C(=O)[O-].[Cu+2]. The molecule has 0 fully saturated rings. The van der Waals surface area contributed by atoms with Gasteiger partial charge in [-0.2, -0.15) is 0 Å². The predicted octanol–water partition coefficient (Wildman–Crippen LogP) is -5.17. The van der Waals surface area contributed by atoms with E-state index in [0.29, 0.717) is 0 Å². The van der Waals surface area contributed by atoms with E-state index in [1.54, 1.807) is 0 Å². The van der Waals surface area contributed by atoms with Crippen molar-refractivity contribution in [2.45, 2.75) is 0 Å². The van der Waals surface area contributed by atoms with E-state index in [9.17, 15) is 0 Å². The summed E-state index contributed by atoms with van der Waals surface area (Å²) in [6.07, 6.45) is 0. The molecule has 0 aliphatic heterocycles. The predicted molar refractivity (Wildman–Crippen MR) is 17.2 cm³/mol. The number of carbonyl (C=O) groups is 2. The monoisotopic (exact) mass is 187 g/mol. The zero-order valence-corrected chi connectivity index (χ0v) is 4.88. The first-order valence-corrected chi connectivity index (χ1v) is 1.07.